The van der Waals surface area contributed by atoms with Crippen molar-refractivity contribution in [1.29, 1.82) is 0 Å². The van der Waals surface area contributed by atoms with Crippen LogP contribution in [0.1, 0.15) is 0 Å². The van der Waals surface area contributed by atoms with Crippen molar-refractivity contribution in [3.8, 4) is 0 Å². The molecule has 0 aromatic rings. The van der Waals surface area contributed by atoms with Gasteiger partial charge in [-0.15, -0.1) is 47.0 Å². The lowest BCUT2D eigenvalue weighted by atomic mass is 10.7. The topological polar surface area (TPSA) is 36.9 Å². The van der Waals surface area contributed by atoms with Crippen LogP contribution in [0.5, 0.6) is 0 Å². The van der Waals surface area contributed by atoms with E-state index in [4.69, 9.17) is 18.9 Å². The molecule has 4 bridgehead atoms. The molecule has 4 nitrogen and oxygen atoms in total. The third kappa shape index (κ3) is 8.90. The molecule has 170 valence electrons. The average Bonchev–Trinajstić information content (AvgIpc) is 3.36. The SMILES string of the molecule is CSC1=C2SCCOCCOCCOCCOCCSC3=C(SC)S/C(=C(\S1)S2)S3. The molecule has 0 N–H and O–H groups in total. The first-order chi connectivity index (χ1) is 14.8. The van der Waals surface area contributed by atoms with Crippen LogP contribution in [0, 0.1) is 0 Å². The highest BCUT2D eigenvalue weighted by Crippen LogP contribution is 2.65. The van der Waals surface area contributed by atoms with E-state index in [0.717, 1.165) is 24.7 Å². The van der Waals surface area contributed by atoms with Crippen molar-refractivity contribution in [3.05, 3.63) is 25.4 Å². The molecular weight excluding hydrogens is 537 g/mol. The summed E-state index contributed by atoms with van der Waals surface area (Å²) in [6.07, 6.45) is 4.34. The molecule has 3 aliphatic heterocycles. The number of thioether (sulfide) groups is 8. The van der Waals surface area contributed by atoms with E-state index in [9.17, 15) is 0 Å². The molecule has 3 rings (SSSR count). The second-order valence-corrected chi connectivity index (χ2v) is 15.2. The molecule has 0 spiro atoms. The number of fused-ring (bicyclic) bond motifs is 4. The van der Waals surface area contributed by atoms with Crippen molar-refractivity contribution in [3.63, 3.8) is 0 Å². The molecule has 0 aromatic heterocycles. The molecule has 0 amide bonds. The summed E-state index contributed by atoms with van der Waals surface area (Å²) in [6, 6.07) is 0. The summed E-state index contributed by atoms with van der Waals surface area (Å²) < 4.78 is 31.0. The van der Waals surface area contributed by atoms with Crippen LogP contribution in [0.4, 0.5) is 0 Å². The molecule has 3 aliphatic rings. The first-order valence-corrected chi connectivity index (χ1v) is 17.1. The van der Waals surface area contributed by atoms with Crippen LogP contribution in [0.15, 0.2) is 25.4 Å². The third-order valence-electron chi connectivity index (χ3n) is 3.65. The van der Waals surface area contributed by atoms with E-state index in [1.165, 1.54) is 25.4 Å². The fourth-order valence-corrected chi connectivity index (χ4v) is 13.3. The minimum absolute atomic E-state index is 0.601. The summed E-state index contributed by atoms with van der Waals surface area (Å²) in [5.74, 6) is 1.93. The van der Waals surface area contributed by atoms with Gasteiger partial charge in [-0.25, -0.2) is 0 Å². The maximum absolute atomic E-state index is 5.71. The van der Waals surface area contributed by atoms with Crippen molar-refractivity contribution in [2.75, 3.05) is 76.9 Å². The number of ether oxygens (including phenoxy) is 4. The molecule has 0 radical (unpaired) electrons. The fourth-order valence-electron chi connectivity index (χ4n) is 2.29. The van der Waals surface area contributed by atoms with Gasteiger partial charge >= 0.3 is 0 Å². The van der Waals surface area contributed by atoms with Gasteiger partial charge in [-0.3, -0.25) is 0 Å². The highest BCUT2D eigenvalue weighted by Gasteiger charge is 2.30. The highest BCUT2D eigenvalue weighted by molar-refractivity contribution is 8.45. The number of hydrogen-bond donors (Lipinski definition) is 0. The second-order valence-electron chi connectivity index (χ2n) is 5.69. The molecule has 0 fully saturated rings. The Balaban J connectivity index is 1.58. The zero-order chi connectivity index (χ0) is 21.0. The minimum atomic E-state index is 0.601. The van der Waals surface area contributed by atoms with Gasteiger partial charge in [0, 0.05) is 11.5 Å². The van der Waals surface area contributed by atoms with Crippen LogP contribution in [-0.2, 0) is 18.9 Å². The summed E-state index contributed by atoms with van der Waals surface area (Å²) in [5.41, 5.74) is 0. The Morgan fingerprint density at radius 3 is 1.23 bits per heavy atom. The smallest absolute Gasteiger partial charge is 0.0717 e. The van der Waals surface area contributed by atoms with Gasteiger partial charge in [-0.2, -0.15) is 0 Å². The minimum Gasteiger partial charge on any atom is -0.378 e. The first kappa shape index (κ1) is 26.5. The molecule has 0 saturated carbocycles. The van der Waals surface area contributed by atoms with Crippen LogP contribution in [0.3, 0.4) is 0 Å². The molecular formula is C18H26O4S8. The van der Waals surface area contributed by atoms with E-state index in [2.05, 4.69) is 12.5 Å². The van der Waals surface area contributed by atoms with Crippen LogP contribution >= 0.6 is 94.1 Å². The quantitative estimate of drug-likeness (QED) is 0.364. The normalized spacial score (nSPS) is 26.6. The van der Waals surface area contributed by atoms with E-state index < -0.39 is 0 Å². The Labute approximate surface area is 213 Å². The Morgan fingerprint density at radius 1 is 0.500 bits per heavy atom. The van der Waals surface area contributed by atoms with E-state index in [1.54, 1.807) is 0 Å². The van der Waals surface area contributed by atoms with Crippen LogP contribution in [-0.4, -0.2) is 76.9 Å². The van der Waals surface area contributed by atoms with Gasteiger partial charge in [0.1, 0.15) is 0 Å². The number of hydrogen-bond acceptors (Lipinski definition) is 12. The van der Waals surface area contributed by atoms with E-state index in [-0.39, 0.29) is 0 Å². The predicted octanol–water partition coefficient (Wildman–Crippen LogP) is 6.60. The average molecular weight is 563 g/mol. The lowest BCUT2D eigenvalue weighted by molar-refractivity contribution is 0.00147. The Hall–Kier alpha value is 1.86. The molecule has 0 unspecified atom stereocenters. The maximum atomic E-state index is 5.71. The first-order valence-electron chi connectivity index (χ1n) is 9.40. The largest absolute Gasteiger partial charge is 0.378 e. The van der Waals surface area contributed by atoms with Gasteiger partial charge < -0.3 is 18.9 Å². The van der Waals surface area contributed by atoms with Gasteiger partial charge in [0.15, 0.2) is 0 Å². The van der Waals surface area contributed by atoms with E-state index in [1.807, 2.05) is 94.1 Å². The van der Waals surface area contributed by atoms with Crippen molar-refractivity contribution < 1.29 is 18.9 Å². The molecule has 0 atom stereocenters. The summed E-state index contributed by atoms with van der Waals surface area (Å²) in [4.78, 5) is 0. The predicted molar refractivity (Wildman–Crippen MR) is 147 cm³/mol. The summed E-state index contributed by atoms with van der Waals surface area (Å²) in [5, 5.41) is 0. The zero-order valence-corrected chi connectivity index (χ0v) is 23.5. The molecule has 0 aliphatic carbocycles. The zero-order valence-electron chi connectivity index (χ0n) is 17.0. The van der Waals surface area contributed by atoms with Crippen LogP contribution < -0.4 is 0 Å². The van der Waals surface area contributed by atoms with Gasteiger partial charge in [0.25, 0.3) is 0 Å². The van der Waals surface area contributed by atoms with Gasteiger partial charge in [0.2, 0.25) is 0 Å². The Morgan fingerprint density at radius 2 is 0.867 bits per heavy atom. The van der Waals surface area contributed by atoms with Crippen molar-refractivity contribution in [1.82, 2.24) is 0 Å². The molecule has 30 heavy (non-hydrogen) atoms. The third-order valence-corrected chi connectivity index (χ3v) is 14.8. The van der Waals surface area contributed by atoms with E-state index >= 15 is 0 Å². The van der Waals surface area contributed by atoms with Crippen molar-refractivity contribution >= 4 is 94.1 Å². The van der Waals surface area contributed by atoms with Gasteiger partial charge in [-0.05, 0) is 12.5 Å². The van der Waals surface area contributed by atoms with E-state index in [0.29, 0.717) is 39.6 Å². The Kier molecular flexibility index (Phi) is 13.9. The lowest BCUT2D eigenvalue weighted by Crippen LogP contribution is -2.12. The van der Waals surface area contributed by atoms with Crippen LogP contribution in [0.2, 0.25) is 0 Å². The van der Waals surface area contributed by atoms with Crippen molar-refractivity contribution in [2.45, 2.75) is 0 Å². The lowest BCUT2D eigenvalue weighted by Gasteiger charge is -2.08. The number of rotatable bonds is 2. The maximum Gasteiger partial charge on any atom is 0.0717 e. The molecule has 3 heterocycles. The highest BCUT2D eigenvalue weighted by atomic mass is 32.3. The second kappa shape index (κ2) is 15.7. The molecule has 0 aromatic carbocycles. The standard InChI is InChI=1S/C18H26O4S8/c1-23-13-15-25-11-9-21-7-5-19-3-4-20-6-8-22-10-12-26-16-14(24-2)28-18(30-16)17(27-13)29-15/h3-12H2,1-2H3/b18-17-. The molecule has 0 saturated heterocycles. The van der Waals surface area contributed by atoms with Crippen LogP contribution in [0.25, 0.3) is 0 Å². The summed E-state index contributed by atoms with van der Waals surface area (Å²) in [7, 11) is 0. The molecule has 12 heteroatoms. The van der Waals surface area contributed by atoms with Crippen molar-refractivity contribution in [2.24, 2.45) is 0 Å². The Bertz CT molecular complexity index is 598. The summed E-state index contributed by atoms with van der Waals surface area (Å²) in [6.45, 7) is 5.18. The fraction of sp³-hybridized carbons (Fsp3) is 0.667. The van der Waals surface area contributed by atoms with Gasteiger partial charge in [0.05, 0.1) is 78.3 Å². The summed E-state index contributed by atoms with van der Waals surface area (Å²) >= 11 is 15.2. The van der Waals surface area contributed by atoms with Gasteiger partial charge in [-0.1, -0.05) is 47.0 Å². The monoisotopic (exact) mass is 562 g/mol.